The predicted octanol–water partition coefficient (Wildman–Crippen LogP) is 0.0358. The van der Waals surface area contributed by atoms with E-state index >= 15 is 0 Å². The molecule has 3 N–H and O–H groups in total. The van der Waals surface area contributed by atoms with Gasteiger partial charge in [-0.25, -0.2) is 17.9 Å². The third-order valence-electron chi connectivity index (χ3n) is 2.63. The molecule has 0 radical (unpaired) electrons. The fourth-order valence-electron chi connectivity index (χ4n) is 1.76. The van der Waals surface area contributed by atoms with Gasteiger partial charge in [0.25, 0.3) is 0 Å². The summed E-state index contributed by atoms with van der Waals surface area (Å²) in [7, 11) is -2.63. The maximum Gasteiger partial charge on any atom is 0.333 e. The van der Waals surface area contributed by atoms with Gasteiger partial charge in [-0.3, -0.25) is 0 Å². The molecular weight excluding hydrogens is 286 g/mol. The lowest BCUT2D eigenvalue weighted by Gasteiger charge is -2.15. The highest BCUT2D eigenvalue weighted by molar-refractivity contribution is 7.89. The molecule has 0 fully saturated rings. The van der Waals surface area contributed by atoms with Crippen LogP contribution in [0.25, 0.3) is 0 Å². The molecule has 0 bridgehead atoms. The van der Waals surface area contributed by atoms with Crippen molar-refractivity contribution in [3.05, 3.63) is 23.3 Å². The van der Waals surface area contributed by atoms with Crippen molar-refractivity contribution in [2.75, 3.05) is 13.7 Å². The first-order valence-electron chi connectivity index (χ1n) is 5.75. The molecule has 0 heterocycles. The molecule has 0 aromatic heterocycles. The van der Waals surface area contributed by atoms with Crippen LogP contribution in [0.5, 0.6) is 5.75 Å². The van der Waals surface area contributed by atoms with Crippen molar-refractivity contribution in [1.82, 2.24) is 4.72 Å². The number of hydrogen-bond acceptors (Lipinski definition) is 5. The summed E-state index contributed by atoms with van der Waals surface area (Å²) in [6, 6.07) is 3.24. The van der Waals surface area contributed by atoms with Gasteiger partial charge in [-0.1, -0.05) is 6.07 Å². The Labute approximate surface area is 117 Å². The van der Waals surface area contributed by atoms with E-state index in [0.717, 1.165) is 5.56 Å². The van der Waals surface area contributed by atoms with Crippen LogP contribution in [0, 0.1) is 13.8 Å². The number of aliphatic carboxylic acids is 1. The molecule has 20 heavy (non-hydrogen) atoms. The summed E-state index contributed by atoms with van der Waals surface area (Å²) in [5, 5.41) is 17.7. The number of sulfonamides is 1. The first kappa shape index (κ1) is 16.4. The minimum absolute atomic E-state index is 0.0665. The fourth-order valence-corrected chi connectivity index (χ4v) is 3.17. The van der Waals surface area contributed by atoms with E-state index in [2.05, 4.69) is 4.72 Å². The van der Waals surface area contributed by atoms with Crippen LogP contribution in [0.15, 0.2) is 17.0 Å². The summed E-state index contributed by atoms with van der Waals surface area (Å²) >= 11 is 0. The molecule has 0 saturated heterocycles. The number of ether oxygens (including phenoxy) is 1. The number of carboxylic acid groups (broad SMARTS) is 1. The van der Waals surface area contributed by atoms with E-state index in [4.69, 9.17) is 14.9 Å². The van der Waals surface area contributed by atoms with Crippen LogP contribution >= 0.6 is 0 Å². The van der Waals surface area contributed by atoms with E-state index in [1.54, 1.807) is 26.0 Å². The number of aliphatic hydroxyl groups excluding tert-OH is 1. The van der Waals surface area contributed by atoms with Crippen LogP contribution in [0.3, 0.4) is 0 Å². The van der Waals surface area contributed by atoms with E-state index in [9.17, 15) is 13.2 Å². The maximum absolute atomic E-state index is 12.2. The average molecular weight is 303 g/mol. The van der Waals surface area contributed by atoms with Crippen molar-refractivity contribution in [2.24, 2.45) is 0 Å². The smallest absolute Gasteiger partial charge is 0.333 e. The molecule has 112 valence electrons. The number of aliphatic hydroxyl groups is 1. The zero-order chi connectivity index (χ0) is 15.5. The molecule has 8 heteroatoms. The topological polar surface area (TPSA) is 113 Å². The van der Waals surface area contributed by atoms with Crippen molar-refractivity contribution in [1.29, 1.82) is 0 Å². The van der Waals surface area contributed by atoms with Gasteiger partial charge in [0.05, 0.1) is 7.11 Å². The summed E-state index contributed by atoms with van der Waals surface area (Å²) in [6.45, 7) is 2.79. The summed E-state index contributed by atoms with van der Waals surface area (Å²) in [5.74, 6) is -1.33. The molecule has 1 rings (SSSR count). The van der Waals surface area contributed by atoms with Crippen LogP contribution in [-0.4, -0.2) is 44.4 Å². The Morgan fingerprint density at radius 1 is 1.40 bits per heavy atom. The lowest BCUT2D eigenvalue weighted by Crippen LogP contribution is -2.36. The zero-order valence-electron chi connectivity index (χ0n) is 11.4. The number of hydrogen-bond donors (Lipinski definition) is 3. The quantitative estimate of drug-likeness (QED) is 0.683. The molecule has 1 atom stereocenters. The van der Waals surface area contributed by atoms with Crippen molar-refractivity contribution < 1.29 is 28.2 Å². The Kier molecular flexibility index (Phi) is 5.09. The molecule has 0 spiro atoms. The largest absolute Gasteiger partial charge is 0.495 e. The Hall–Kier alpha value is -1.64. The van der Waals surface area contributed by atoms with E-state index in [-0.39, 0.29) is 10.6 Å². The van der Waals surface area contributed by atoms with E-state index in [1.807, 2.05) is 0 Å². The molecule has 0 aliphatic heterocycles. The SMILES string of the molecule is COc1cc(C)cc(C)c1S(=O)(=O)NCC(O)C(=O)O. The van der Waals surface area contributed by atoms with Crippen LogP contribution < -0.4 is 9.46 Å². The summed E-state index contributed by atoms with van der Waals surface area (Å²) in [5.41, 5.74) is 1.31. The van der Waals surface area contributed by atoms with Gasteiger partial charge in [0.15, 0.2) is 6.10 Å². The lowest BCUT2D eigenvalue weighted by atomic mass is 10.1. The van der Waals surface area contributed by atoms with Gasteiger partial charge < -0.3 is 14.9 Å². The van der Waals surface area contributed by atoms with Gasteiger partial charge in [0, 0.05) is 6.54 Å². The second-order valence-electron chi connectivity index (χ2n) is 4.32. The molecule has 1 aromatic carbocycles. The number of benzene rings is 1. The van der Waals surface area contributed by atoms with Crippen LogP contribution in [-0.2, 0) is 14.8 Å². The third-order valence-corrected chi connectivity index (χ3v) is 4.23. The summed E-state index contributed by atoms with van der Waals surface area (Å²) < 4.78 is 31.5. The molecule has 1 unspecified atom stereocenters. The lowest BCUT2D eigenvalue weighted by molar-refractivity contribution is -0.146. The van der Waals surface area contributed by atoms with E-state index in [1.165, 1.54) is 7.11 Å². The molecule has 0 aliphatic carbocycles. The van der Waals surface area contributed by atoms with Crippen molar-refractivity contribution in [3.8, 4) is 5.75 Å². The first-order chi connectivity index (χ1) is 9.19. The van der Waals surface area contributed by atoms with Gasteiger partial charge in [-0.2, -0.15) is 0 Å². The average Bonchev–Trinajstić information content (AvgIpc) is 2.34. The van der Waals surface area contributed by atoms with Crippen LogP contribution in [0.4, 0.5) is 0 Å². The molecule has 0 saturated carbocycles. The second kappa shape index (κ2) is 6.21. The second-order valence-corrected chi connectivity index (χ2v) is 6.02. The van der Waals surface area contributed by atoms with Crippen molar-refractivity contribution in [2.45, 2.75) is 24.8 Å². The van der Waals surface area contributed by atoms with Gasteiger partial charge >= 0.3 is 5.97 Å². The monoisotopic (exact) mass is 303 g/mol. The summed E-state index contributed by atoms with van der Waals surface area (Å²) in [6.07, 6.45) is -1.80. The van der Waals surface area contributed by atoms with E-state index in [0.29, 0.717) is 5.56 Å². The minimum Gasteiger partial charge on any atom is -0.495 e. The van der Waals surface area contributed by atoms with Crippen molar-refractivity contribution >= 4 is 16.0 Å². The highest BCUT2D eigenvalue weighted by atomic mass is 32.2. The number of aryl methyl sites for hydroxylation is 2. The Morgan fingerprint density at radius 3 is 2.50 bits per heavy atom. The third kappa shape index (κ3) is 3.69. The Morgan fingerprint density at radius 2 is 2.00 bits per heavy atom. The Bertz CT molecular complexity index is 611. The minimum atomic E-state index is -3.98. The summed E-state index contributed by atoms with van der Waals surface area (Å²) in [4.78, 5) is 10.4. The highest BCUT2D eigenvalue weighted by Gasteiger charge is 2.24. The fraction of sp³-hybridized carbons (Fsp3) is 0.417. The highest BCUT2D eigenvalue weighted by Crippen LogP contribution is 2.28. The molecule has 1 aromatic rings. The van der Waals surface area contributed by atoms with Crippen LogP contribution in [0.1, 0.15) is 11.1 Å². The normalized spacial score (nSPS) is 13.0. The van der Waals surface area contributed by atoms with Crippen molar-refractivity contribution in [3.63, 3.8) is 0 Å². The number of methoxy groups -OCH3 is 1. The zero-order valence-corrected chi connectivity index (χ0v) is 12.2. The number of rotatable bonds is 6. The number of nitrogens with one attached hydrogen (secondary N) is 1. The van der Waals surface area contributed by atoms with Gasteiger partial charge in [0.1, 0.15) is 10.6 Å². The molecular formula is C12H17NO6S. The maximum atomic E-state index is 12.2. The van der Waals surface area contributed by atoms with E-state index < -0.39 is 28.6 Å². The molecule has 0 aliphatic rings. The van der Waals surface area contributed by atoms with Gasteiger partial charge in [0.2, 0.25) is 10.0 Å². The van der Waals surface area contributed by atoms with Crippen LogP contribution in [0.2, 0.25) is 0 Å². The van der Waals surface area contributed by atoms with Gasteiger partial charge in [-0.05, 0) is 31.0 Å². The Balaban J connectivity index is 3.13. The predicted molar refractivity (Wildman–Crippen MR) is 71.3 cm³/mol. The number of carbonyl (C=O) groups is 1. The molecule has 0 amide bonds. The van der Waals surface area contributed by atoms with Gasteiger partial charge in [-0.15, -0.1) is 0 Å². The standard InChI is InChI=1S/C12H17NO6S/c1-7-4-8(2)11(10(5-7)19-3)20(17,18)13-6-9(14)12(15)16/h4-5,9,13-14H,6H2,1-3H3,(H,15,16). The number of carboxylic acids is 1. The molecule has 7 nitrogen and oxygen atoms in total. The first-order valence-corrected chi connectivity index (χ1v) is 7.23.